The van der Waals surface area contributed by atoms with E-state index in [0.717, 1.165) is 23.2 Å². The Kier molecular flexibility index (Phi) is 2.38. The van der Waals surface area contributed by atoms with Gasteiger partial charge in [-0.1, -0.05) is 12.1 Å². The summed E-state index contributed by atoms with van der Waals surface area (Å²) in [5, 5.41) is 2.87. The fourth-order valence-corrected chi connectivity index (χ4v) is 2.21. The molecule has 16 heavy (non-hydrogen) atoms. The first kappa shape index (κ1) is 9.81. The zero-order valence-electron chi connectivity index (χ0n) is 8.86. The molecule has 0 radical (unpaired) electrons. The van der Waals surface area contributed by atoms with Crippen molar-refractivity contribution in [2.24, 2.45) is 0 Å². The van der Waals surface area contributed by atoms with Crippen LogP contribution >= 0.6 is 0 Å². The van der Waals surface area contributed by atoms with Crippen molar-refractivity contribution < 1.29 is 14.3 Å². The molecule has 2 aliphatic rings. The molecule has 0 aliphatic carbocycles. The van der Waals surface area contributed by atoms with Crippen molar-refractivity contribution in [1.82, 2.24) is 0 Å². The Labute approximate surface area is 93.5 Å². The number of rotatable bonds is 1. The maximum atomic E-state index is 11.3. The molecule has 1 aromatic carbocycles. The fraction of sp³-hybridized carbons (Fsp3) is 0.417. The minimum absolute atomic E-state index is 0.0814. The van der Waals surface area contributed by atoms with E-state index in [9.17, 15) is 4.79 Å². The molecule has 0 atom stereocenters. The van der Waals surface area contributed by atoms with E-state index in [1.165, 1.54) is 0 Å². The molecule has 1 amide bonds. The lowest BCUT2D eigenvalue weighted by molar-refractivity contribution is -0.116. The molecule has 4 heteroatoms. The van der Waals surface area contributed by atoms with E-state index >= 15 is 0 Å². The highest BCUT2D eigenvalue weighted by Gasteiger charge is 2.25. The number of hydrogen-bond acceptors (Lipinski definition) is 3. The summed E-state index contributed by atoms with van der Waals surface area (Å²) in [6.45, 7) is 1.28. The topological polar surface area (TPSA) is 47.6 Å². The van der Waals surface area contributed by atoms with Gasteiger partial charge in [0, 0.05) is 17.7 Å². The zero-order valence-corrected chi connectivity index (χ0v) is 8.86. The van der Waals surface area contributed by atoms with Gasteiger partial charge in [0.2, 0.25) is 5.91 Å². The molecule has 84 valence electrons. The predicted molar refractivity (Wildman–Crippen MR) is 58.0 cm³/mol. The molecular weight excluding hydrogens is 206 g/mol. The summed E-state index contributed by atoms with van der Waals surface area (Å²) in [5.41, 5.74) is 3.09. The van der Waals surface area contributed by atoms with Gasteiger partial charge in [-0.15, -0.1) is 0 Å². The maximum absolute atomic E-state index is 11.3. The van der Waals surface area contributed by atoms with Gasteiger partial charge in [-0.25, -0.2) is 0 Å². The van der Waals surface area contributed by atoms with Gasteiger partial charge in [0.05, 0.1) is 13.2 Å². The third kappa shape index (κ3) is 1.60. The molecular formula is C12H13NO3. The fourth-order valence-electron chi connectivity index (χ4n) is 2.21. The van der Waals surface area contributed by atoms with Crippen LogP contribution in [0.25, 0.3) is 0 Å². The number of nitrogens with one attached hydrogen (secondary N) is 1. The highest BCUT2D eigenvalue weighted by atomic mass is 16.7. The quantitative estimate of drug-likeness (QED) is 0.780. The number of benzene rings is 1. The largest absolute Gasteiger partial charge is 0.346 e. The second-order valence-corrected chi connectivity index (χ2v) is 4.00. The average Bonchev–Trinajstić information content (AvgIpc) is 2.81. The van der Waals surface area contributed by atoms with Crippen LogP contribution in [0.1, 0.15) is 23.8 Å². The number of amides is 1. The zero-order chi connectivity index (χ0) is 11.0. The average molecular weight is 219 g/mol. The highest BCUT2D eigenvalue weighted by Crippen LogP contribution is 2.33. The minimum atomic E-state index is -0.259. The van der Waals surface area contributed by atoms with Crippen LogP contribution < -0.4 is 5.32 Å². The first-order valence-electron chi connectivity index (χ1n) is 5.49. The van der Waals surface area contributed by atoms with Gasteiger partial charge in [0.1, 0.15) is 0 Å². The van der Waals surface area contributed by atoms with Crippen LogP contribution in [-0.4, -0.2) is 19.1 Å². The molecule has 1 saturated heterocycles. The van der Waals surface area contributed by atoms with Crippen molar-refractivity contribution in [1.29, 1.82) is 0 Å². The summed E-state index contributed by atoms with van der Waals surface area (Å²) in [4.78, 5) is 11.3. The van der Waals surface area contributed by atoms with E-state index in [-0.39, 0.29) is 12.2 Å². The smallest absolute Gasteiger partial charge is 0.224 e. The SMILES string of the molecule is O=C1CCc2c(cccc2C2OCCO2)N1. The summed E-state index contributed by atoms with van der Waals surface area (Å²) < 4.78 is 11.0. The number of ether oxygens (including phenoxy) is 2. The molecule has 0 bridgehead atoms. The van der Waals surface area contributed by atoms with Crippen LogP contribution in [0, 0.1) is 0 Å². The molecule has 1 fully saturated rings. The second-order valence-electron chi connectivity index (χ2n) is 4.00. The van der Waals surface area contributed by atoms with E-state index in [0.29, 0.717) is 19.6 Å². The van der Waals surface area contributed by atoms with Crippen molar-refractivity contribution in [2.75, 3.05) is 18.5 Å². The van der Waals surface area contributed by atoms with Crippen molar-refractivity contribution >= 4 is 11.6 Å². The third-order valence-electron chi connectivity index (χ3n) is 2.96. The van der Waals surface area contributed by atoms with Crippen molar-refractivity contribution in [3.05, 3.63) is 29.3 Å². The number of carbonyl (C=O) groups is 1. The summed E-state index contributed by atoms with van der Waals surface area (Å²) in [6.07, 6.45) is 1.04. The van der Waals surface area contributed by atoms with Crippen LogP contribution in [0.3, 0.4) is 0 Å². The Balaban J connectivity index is 1.99. The van der Waals surface area contributed by atoms with Crippen LogP contribution in [0.4, 0.5) is 5.69 Å². The Hall–Kier alpha value is -1.39. The van der Waals surface area contributed by atoms with Crippen LogP contribution in [0.15, 0.2) is 18.2 Å². The number of anilines is 1. The van der Waals surface area contributed by atoms with Crippen molar-refractivity contribution in [3.63, 3.8) is 0 Å². The molecule has 3 rings (SSSR count). The molecule has 4 nitrogen and oxygen atoms in total. The minimum Gasteiger partial charge on any atom is -0.346 e. The van der Waals surface area contributed by atoms with Crippen LogP contribution in [-0.2, 0) is 20.7 Å². The Morgan fingerprint density at radius 2 is 2.00 bits per heavy atom. The van der Waals surface area contributed by atoms with Gasteiger partial charge in [0.15, 0.2) is 6.29 Å². The van der Waals surface area contributed by atoms with E-state index in [1.54, 1.807) is 0 Å². The third-order valence-corrected chi connectivity index (χ3v) is 2.96. The lowest BCUT2D eigenvalue weighted by atomic mass is 9.97. The van der Waals surface area contributed by atoms with Gasteiger partial charge < -0.3 is 14.8 Å². The standard InChI is InChI=1S/C12H13NO3/c14-11-5-4-8-9(12-15-6-7-16-12)2-1-3-10(8)13-11/h1-3,12H,4-7H2,(H,13,14). The van der Waals surface area contributed by atoms with Gasteiger partial charge in [0.25, 0.3) is 0 Å². The Morgan fingerprint density at radius 3 is 2.81 bits per heavy atom. The number of fused-ring (bicyclic) bond motifs is 1. The molecule has 2 aliphatic heterocycles. The second kappa shape index (κ2) is 3.88. The first-order chi connectivity index (χ1) is 7.84. The van der Waals surface area contributed by atoms with Gasteiger partial charge in [-0.2, -0.15) is 0 Å². The molecule has 0 saturated carbocycles. The lowest BCUT2D eigenvalue weighted by Crippen LogP contribution is -2.20. The number of hydrogen-bond donors (Lipinski definition) is 1. The van der Waals surface area contributed by atoms with Crippen molar-refractivity contribution in [2.45, 2.75) is 19.1 Å². The molecule has 1 N–H and O–H groups in total. The normalized spacial score (nSPS) is 20.6. The van der Waals surface area contributed by atoms with Crippen LogP contribution in [0.5, 0.6) is 0 Å². The van der Waals surface area contributed by atoms with Gasteiger partial charge >= 0.3 is 0 Å². The van der Waals surface area contributed by atoms with Crippen molar-refractivity contribution in [3.8, 4) is 0 Å². The lowest BCUT2D eigenvalue weighted by Gasteiger charge is -2.22. The van der Waals surface area contributed by atoms with E-state index < -0.39 is 0 Å². The van der Waals surface area contributed by atoms with Gasteiger partial charge in [-0.3, -0.25) is 4.79 Å². The molecule has 1 aromatic rings. The Bertz CT molecular complexity index is 424. The first-order valence-corrected chi connectivity index (χ1v) is 5.49. The summed E-state index contributed by atoms with van der Waals surface area (Å²) in [7, 11) is 0. The maximum Gasteiger partial charge on any atom is 0.224 e. The highest BCUT2D eigenvalue weighted by molar-refractivity contribution is 5.94. The van der Waals surface area contributed by atoms with Gasteiger partial charge in [-0.05, 0) is 18.1 Å². The molecule has 0 spiro atoms. The van der Waals surface area contributed by atoms with E-state index in [2.05, 4.69) is 5.32 Å². The number of carbonyl (C=O) groups excluding carboxylic acids is 1. The van der Waals surface area contributed by atoms with Crippen LogP contribution in [0.2, 0.25) is 0 Å². The van der Waals surface area contributed by atoms with E-state index in [1.807, 2.05) is 18.2 Å². The molecule has 0 unspecified atom stereocenters. The van der Waals surface area contributed by atoms with E-state index in [4.69, 9.17) is 9.47 Å². The molecule has 0 aromatic heterocycles. The summed E-state index contributed by atoms with van der Waals surface area (Å²) >= 11 is 0. The summed E-state index contributed by atoms with van der Waals surface area (Å²) in [6, 6.07) is 5.85. The predicted octanol–water partition coefficient (Wildman–Crippen LogP) is 1.62. The molecule has 2 heterocycles. The summed E-state index contributed by atoms with van der Waals surface area (Å²) in [5.74, 6) is 0.0814. The monoisotopic (exact) mass is 219 g/mol. The Morgan fingerprint density at radius 1 is 1.19 bits per heavy atom.